The number of benzene rings is 3. The number of carbonyl (C=O) groups is 1. The van der Waals surface area contributed by atoms with Crippen molar-refractivity contribution < 1.29 is 9.90 Å². The number of β-amino-alcohol motifs (C(OH)–C–C–N with tert-alkyl or cyclic N) is 1. The average molecular weight is 508 g/mol. The third kappa shape index (κ3) is 4.93. The van der Waals surface area contributed by atoms with Crippen LogP contribution in [0, 0.1) is 0 Å². The maximum Gasteiger partial charge on any atom is 0.183 e. The van der Waals surface area contributed by atoms with Crippen LogP contribution in [0.4, 0.5) is 0 Å². The molecule has 0 aliphatic carbocycles. The van der Waals surface area contributed by atoms with Gasteiger partial charge in [0, 0.05) is 50.9 Å². The molecule has 2 aliphatic heterocycles. The van der Waals surface area contributed by atoms with Crippen molar-refractivity contribution in [2.24, 2.45) is 5.73 Å². The molecule has 1 saturated heterocycles. The lowest BCUT2D eigenvalue weighted by Gasteiger charge is -2.19. The number of aliphatic hydroxyl groups is 1. The van der Waals surface area contributed by atoms with Crippen LogP contribution >= 0.6 is 0 Å². The van der Waals surface area contributed by atoms with Crippen molar-refractivity contribution >= 4 is 5.78 Å². The molecule has 38 heavy (non-hydrogen) atoms. The molecular weight excluding hydrogens is 474 g/mol. The van der Waals surface area contributed by atoms with Crippen molar-refractivity contribution in [2.75, 3.05) is 13.1 Å². The van der Waals surface area contributed by atoms with Gasteiger partial charge in [0.15, 0.2) is 5.78 Å². The Morgan fingerprint density at radius 1 is 1.05 bits per heavy atom. The van der Waals surface area contributed by atoms with Gasteiger partial charge in [0.2, 0.25) is 0 Å². The van der Waals surface area contributed by atoms with Crippen molar-refractivity contribution in [3.63, 3.8) is 0 Å². The minimum atomic E-state index is -0.221. The Bertz CT molecular complexity index is 1440. The van der Waals surface area contributed by atoms with E-state index in [9.17, 15) is 9.90 Å². The normalized spacial score (nSPS) is 19.9. The van der Waals surface area contributed by atoms with E-state index < -0.39 is 0 Å². The summed E-state index contributed by atoms with van der Waals surface area (Å²) >= 11 is 0. The highest BCUT2D eigenvalue weighted by molar-refractivity contribution is 5.97. The minimum absolute atomic E-state index is 0.0767. The molecule has 6 rings (SSSR count). The predicted molar refractivity (Wildman–Crippen MR) is 148 cm³/mol. The van der Waals surface area contributed by atoms with Gasteiger partial charge in [0.1, 0.15) is 12.0 Å². The van der Waals surface area contributed by atoms with E-state index in [1.807, 2.05) is 28.8 Å². The number of hydrogen-bond donors (Lipinski definition) is 3. The summed E-state index contributed by atoms with van der Waals surface area (Å²) in [7, 11) is 0. The quantitative estimate of drug-likeness (QED) is 0.365. The number of aromatic nitrogens is 2. The minimum Gasteiger partial charge on any atom is -0.392 e. The molecule has 7 heteroatoms. The van der Waals surface area contributed by atoms with E-state index in [1.54, 1.807) is 6.33 Å². The number of imidazole rings is 1. The topological polar surface area (TPSA) is 96.4 Å². The van der Waals surface area contributed by atoms with E-state index >= 15 is 0 Å². The van der Waals surface area contributed by atoms with Gasteiger partial charge in [-0.3, -0.25) is 14.3 Å². The molecule has 1 aromatic heterocycles. The van der Waals surface area contributed by atoms with Gasteiger partial charge in [-0.05, 0) is 46.4 Å². The molecule has 0 spiro atoms. The summed E-state index contributed by atoms with van der Waals surface area (Å²) in [5.41, 5.74) is 13.9. The fourth-order valence-corrected chi connectivity index (χ4v) is 5.68. The molecule has 7 nitrogen and oxygen atoms in total. The number of nitrogens with two attached hydrogens (primary N) is 1. The molecule has 1 fully saturated rings. The molecule has 3 aromatic carbocycles. The largest absolute Gasteiger partial charge is 0.392 e. The Morgan fingerprint density at radius 3 is 2.68 bits per heavy atom. The van der Waals surface area contributed by atoms with Crippen molar-refractivity contribution in [1.82, 2.24) is 19.8 Å². The lowest BCUT2D eigenvalue weighted by molar-refractivity contribution is 0.0966. The van der Waals surface area contributed by atoms with Gasteiger partial charge in [-0.25, -0.2) is 4.98 Å². The first-order valence-corrected chi connectivity index (χ1v) is 13.3. The molecule has 2 aliphatic rings. The van der Waals surface area contributed by atoms with Gasteiger partial charge in [-0.1, -0.05) is 60.7 Å². The second-order valence-corrected chi connectivity index (χ2v) is 10.3. The molecule has 4 aromatic rings. The Morgan fingerprint density at radius 2 is 1.89 bits per heavy atom. The van der Waals surface area contributed by atoms with Gasteiger partial charge >= 0.3 is 0 Å². The van der Waals surface area contributed by atoms with E-state index in [0.29, 0.717) is 25.2 Å². The van der Waals surface area contributed by atoms with Crippen LogP contribution < -0.4 is 11.1 Å². The third-order valence-electron chi connectivity index (χ3n) is 7.72. The molecule has 0 amide bonds. The molecule has 0 bridgehead atoms. The summed E-state index contributed by atoms with van der Waals surface area (Å²) in [5, 5.41) is 13.5. The number of carbonyl (C=O) groups excluding carboxylic acids is 1. The van der Waals surface area contributed by atoms with Crippen LogP contribution in [0.5, 0.6) is 0 Å². The summed E-state index contributed by atoms with van der Waals surface area (Å²) in [6.07, 6.45) is 2.71. The van der Waals surface area contributed by atoms with Crippen LogP contribution in [-0.2, 0) is 19.6 Å². The number of Topliss-reactive ketones (excluding diaryl/α,β-unsaturated/α-hetero) is 1. The number of nitrogens with one attached hydrogen (secondary N) is 1. The molecule has 0 radical (unpaired) electrons. The molecule has 3 heterocycles. The van der Waals surface area contributed by atoms with Crippen LogP contribution in [-0.4, -0.2) is 44.5 Å². The monoisotopic (exact) mass is 507 g/mol. The van der Waals surface area contributed by atoms with Crippen molar-refractivity contribution in [3.05, 3.63) is 107 Å². The second kappa shape index (κ2) is 10.6. The smallest absolute Gasteiger partial charge is 0.183 e. The highest BCUT2D eigenvalue weighted by atomic mass is 16.3. The van der Waals surface area contributed by atoms with Gasteiger partial charge < -0.3 is 16.2 Å². The maximum absolute atomic E-state index is 13.5. The Hall–Kier alpha value is -3.62. The highest BCUT2D eigenvalue weighted by Gasteiger charge is 2.28. The van der Waals surface area contributed by atoms with Gasteiger partial charge in [-0.2, -0.15) is 0 Å². The Balaban J connectivity index is 1.21. The maximum atomic E-state index is 13.5. The van der Waals surface area contributed by atoms with Crippen LogP contribution in [0.15, 0.2) is 79.1 Å². The van der Waals surface area contributed by atoms with E-state index in [-0.39, 0.29) is 17.9 Å². The lowest BCUT2D eigenvalue weighted by Crippen LogP contribution is -2.21. The molecule has 1 unspecified atom stereocenters. The number of fused-ring (bicyclic) bond motifs is 1. The Kier molecular flexibility index (Phi) is 6.91. The molecule has 4 N–H and O–H groups in total. The SMILES string of the molecule is NCc1cccc(-n2cnc3c2C(=O)CC(c2ccc(-c4ccccc4CN4CC[C@@H](O)C4)cc2)NC3)c1. The molecular formula is C31H33N5O2. The van der Waals surface area contributed by atoms with Crippen LogP contribution in [0.25, 0.3) is 16.8 Å². The van der Waals surface area contributed by atoms with Gasteiger partial charge in [0.05, 0.1) is 11.8 Å². The average Bonchev–Trinajstić information content (AvgIpc) is 3.53. The molecule has 2 atom stereocenters. The van der Waals surface area contributed by atoms with Crippen molar-refractivity contribution in [2.45, 2.75) is 44.6 Å². The van der Waals surface area contributed by atoms with Crippen molar-refractivity contribution in [1.29, 1.82) is 0 Å². The van der Waals surface area contributed by atoms with Crippen molar-refractivity contribution in [3.8, 4) is 16.8 Å². The lowest BCUT2D eigenvalue weighted by atomic mass is 9.95. The first-order valence-electron chi connectivity index (χ1n) is 13.3. The number of rotatable bonds is 6. The van der Waals surface area contributed by atoms with Crippen LogP contribution in [0.2, 0.25) is 0 Å². The molecule has 0 saturated carbocycles. The number of hydrogen-bond acceptors (Lipinski definition) is 6. The van der Waals surface area contributed by atoms with E-state index in [1.165, 1.54) is 11.1 Å². The Labute approximate surface area is 222 Å². The molecule has 194 valence electrons. The number of aliphatic hydroxyl groups excluding tert-OH is 1. The summed E-state index contributed by atoms with van der Waals surface area (Å²) in [4.78, 5) is 20.3. The number of ketones is 1. The fourth-order valence-electron chi connectivity index (χ4n) is 5.68. The summed E-state index contributed by atoms with van der Waals surface area (Å²) in [5.74, 6) is 0.0767. The first-order chi connectivity index (χ1) is 18.6. The zero-order valence-corrected chi connectivity index (χ0v) is 21.4. The van der Waals surface area contributed by atoms with E-state index in [0.717, 1.165) is 54.1 Å². The number of likely N-dealkylation sites (tertiary alicyclic amines) is 1. The van der Waals surface area contributed by atoms with Crippen LogP contribution in [0.3, 0.4) is 0 Å². The summed E-state index contributed by atoms with van der Waals surface area (Å²) in [6.45, 7) is 3.46. The summed E-state index contributed by atoms with van der Waals surface area (Å²) in [6, 6.07) is 24.9. The van der Waals surface area contributed by atoms with Crippen LogP contribution in [0.1, 0.15) is 51.8 Å². The number of nitrogens with zero attached hydrogens (tertiary/aromatic N) is 3. The summed E-state index contributed by atoms with van der Waals surface area (Å²) < 4.78 is 1.89. The third-order valence-corrected chi connectivity index (χ3v) is 7.72. The standard InChI is InChI=1S/C31H33N5O2/c32-16-21-4-3-6-25(14-21)36-20-34-29-17-33-28(15-30(38)31(29)36)23-10-8-22(9-11-23)27-7-2-1-5-24(27)18-35-13-12-26(37)19-35/h1-11,14,20,26,28,33,37H,12-13,15-19,32H2/t26-,28?/m1/s1. The van der Waals surface area contributed by atoms with Gasteiger partial charge in [-0.15, -0.1) is 0 Å². The zero-order chi connectivity index (χ0) is 26.1. The van der Waals surface area contributed by atoms with Gasteiger partial charge in [0.25, 0.3) is 0 Å². The second-order valence-electron chi connectivity index (χ2n) is 10.3. The van der Waals surface area contributed by atoms with E-state index in [2.05, 4.69) is 63.7 Å². The zero-order valence-electron chi connectivity index (χ0n) is 21.4. The fraction of sp³-hybridized carbons (Fsp3) is 0.290. The predicted octanol–water partition coefficient (Wildman–Crippen LogP) is 3.98. The highest BCUT2D eigenvalue weighted by Crippen LogP contribution is 2.30. The first kappa shape index (κ1) is 24.7. The van der Waals surface area contributed by atoms with E-state index in [4.69, 9.17) is 5.73 Å².